The monoisotopic (exact) mass is 309 g/mol. The third kappa shape index (κ3) is 3.89. The summed E-state index contributed by atoms with van der Waals surface area (Å²) in [7, 11) is 0. The molecule has 0 saturated heterocycles. The lowest BCUT2D eigenvalue weighted by Crippen LogP contribution is -2.25. The van der Waals surface area contributed by atoms with Gasteiger partial charge in [0.15, 0.2) is 0 Å². The lowest BCUT2D eigenvalue weighted by atomic mass is 10.1. The summed E-state index contributed by atoms with van der Waals surface area (Å²) in [5.41, 5.74) is 1.52. The summed E-state index contributed by atoms with van der Waals surface area (Å²) in [6, 6.07) is 11.8. The van der Waals surface area contributed by atoms with E-state index in [1.807, 2.05) is 24.3 Å². The van der Waals surface area contributed by atoms with Crippen LogP contribution in [0.4, 0.5) is 0 Å². The maximum atomic E-state index is 11.9. The molecule has 0 unspecified atom stereocenters. The van der Waals surface area contributed by atoms with Gasteiger partial charge in [0.25, 0.3) is 5.91 Å². The first kappa shape index (κ1) is 14.7. The molecule has 0 atom stereocenters. The fraction of sp³-hybridized carbons (Fsp3) is 0.133. The average molecular weight is 310 g/mol. The highest BCUT2D eigenvalue weighted by molar-refractivity contribution is 6.32. The van der Waals surface area contributed by atoms with E-state index in [0.717, 1.165) is 5.56 Å². The second-order valence-corrected chi connectivity index (χ2v) is 5.14. The van der Waals surface area contributed by atoms with Crippen LogP contribution in [-0.4, -0.2) is 17.6 Å². The van der Waals surface area contributed by atoms with Crippen LogP contribution in [0, 0.1) is 0 Å². The number of hydrogen-bond donors (Lipinski definition) is 2. The summed E-state index contributed by atoms with van der Waals surface area (Å²) in [5.74, 6) is -0.259. The standard InChI is InChI=1S/C15H13Cl2NO2/c16-12-4-1-10(2-5-12)7-8-18-15(20)11-3-6-14(19)13(17)9-11/h1-6,9,19H,7-8H2,(H,18,20). The van der Waals surface area contributed by atoms with Gasteiger partial charge in [-0.25, -0.2) is 0 Å². The molecule has 3 nitrogen and oxygen atoms in total. The number of rotatable bonds is 4. The molecule has 0 radical (unpaired) electrons. The van der Waals surface area contributed by atoms with Gasteiger partial charge in [0.2, 0.25) is 0 Å². The van der Waals surface area contributed by atoms with Crippen LogP contribution < -0.4 is 5.32 Å². The van der Waals surface area contributed by atoms with E-state index in [4.69, 9.17) is 23.2 Å². The molecule has 0 spiro atoms. The number of carbonyl (C=O) groups excluding carboxylic acids is 1. The number of phenols is 1. The van der Waals surface area contributed by atoms with Gasteiger partial charge in [-0.1, -0.05) is 35.3 Å². The first-order valence-electron chi connectivity index (χ1n) is 6.07. The topological polar surface area (TPSA) is 49.3 Å². The van der Waals surface area contributed by atoms with Crippen molar-refractivity contribution in [1.82, 2.24) is 5.32 Å². The van der Waals surface area contributed by atoms with Gasteiger partial charge >= 0.3 is 0 Å². The van der Waals surface area contributed by atoms with Crippen molar-refractivity contribution in [2.75, 3.05) is 6.54 Å². The van der Waals surface area contributed by atoms with Gasteiger partial charge in [-0.2, -0.15) is 0 Å². The Balaban J connectivity index is 1.88. The average Bonchev–Trinajstić information content (AvgIpc) is 2.44. The van der Waals surface area contributed by atoms with Gasteiger partial charge in [-0.05, 0) is 42.3 Å². The number of nitrogens with one attached hydrogen (secondary N) is 1. The largest absolute Gasteiger partial charge is 0.506 e. The van der Waals surface area contributed by atoms with E-state index in [9.17, 15) is 9.90 Å². The molecule has 2 N–H and O–H groups in total. The van der Waals surface area contributed by atoms with Gasteiger partial charge in [0, 0.05) is 17.1 Å². The molecule has 0 fully saturated rings. The van der Waals surface area contributed by atoms with Crippen LogP contribution in [0.25, 0.3) is 0 Å². The van der Waals surface area contributed by atoms with Crippen molar-refractivity contribution in [2.45, 2.75) is 6.42 Å². The van der Waals surface area contributed by atoms with Crippen LogP contribution in [0.3, 0.4) is 0 Å². The predicted molar refractivity (Wildman–Crippen MR) is 80.6 cm³/mol. The molecule has 0 aliphatic heterocycles. The Labute approximate surface area is 127 Å². The maximum Gasteiger partial charge on any atom is 0.251 e. The summed E-state index contributed by atoms with van der Waals surface area (Å²) in [6.45, 7) is 0.513. The fourth-order valence-corrected chi connectivity index (χ4v) is 2.03. The van der Waals surface area contributed by atoms with Crippen molar-refractivity contribution in [3.05, 3.63) is 63.6 Å². The zero-order valence-corrected chi connectivity index (χ0v) is 12.1. The minimum absolute atomic E-state index is 0.0376. The highest BCUT2D eigenvalue weighted by Crippen LogP contribution is 2.23. The molecule has 104 valence electrons. The molecular formula is C15H13Cl2NO2. The fourth-order valence-electron chi connectivity index (χ4n) is 1.72. The van der Waals surface area contributed by atoms with Gasteiger partial charge < -0.3 is 10.4 Å². The van der Waals surface area contributed by atoms with Crippen LogP contribution in [0.1, 0.15) is 15.9 Å². The van der Waals surface area contributed by atoms with Crippen molar-refractivity contribution in [1.29, 1.82) is 0 Å². The normalized spacial score (nSPS) is 10.3. The summed E-state index contributed by atoms with van der Waals surface area (Å²) >= 11 is 11.6. The van der Waals surface area contributed by atoms with Crippen LogP contribution in [-0.2, 0) is 6.42 Å². The smallest absolute Gasteiger partial charge is 0.251 e. The van der Waals surface area contributed by atoms with Crippen LogP contribution in [0.15, 0.2) is 42.5 Å². The Hall–Kier alpha value is -1.71. The lowest BCUT2D eigenvalue weighted by molar-refractivity contribution is 0.0954. The highest BCUT2D eigenvalue weighted by atomic mass is 35.5. The quantitative estimate of drug-likeness (QED) is 0.905. The maximum absolute atomic E-state index is 11.9. The molecular weight excluding hydrogens is 297 g/mol. The van der Waals surface area contributed by atoms with Gasteiger partial charge in [0.05, 0.1) is 5.02 Å². The molecule has 1 amide bonds. The number of carbonyl (C=O) groups is 1. The summed E-state index contributed by atoms with van der Waals surface area (Å²) < 4.78 is 0. The minimum atomic E-state index is -0.221. The van der Waals surface area contributed by atoms with Gasteiger partial charge in [-0.15, -0.1) is 0 Å². The Morgan fingerprint density at radius 1 is 1.10 bits per heavy atom. The lowest BCUT2D eigenvalue weighted by Gasteiger charge is -2.06. The highest BCUT2D eigenvalue weighted by Gasteiger charge is 2.07. The van der Waals surface area contributed by atoms with E-state index in [-0.39, 0.29) is 16.7 Å². The molecule has 0 bridgehead atoms. The summed E-state index contributed by atoms with van der Waals surface area (Å²) in [5, 5.41) is 12.9. The molecule has 20 heavy (non-hydrogen) atoms. The van der Waals surface area contributed by atoms with Crippen LogP contribution in [0.5, 0.6) is 5.75 Å². The second-order valence-electron chi connectivity index (χ2n) is 4.30. The van der Waals surface area contributed by atoms with Crippen molar-refractivity contribution in [3.8, 4) is 5.75 Å². The van der Waals surface area contributed by atoms with E-state index in [1.54, 1.807) is 0 Å². The Bertz CT molecular complexity index is 612. The number of halogens is 2. The third-order valence-corrected chi connectivity index (χ3v) is 3.38. The summed E-state index contributed by atoms with van der Waals surface area (Å²) in [6.07, 6.45) is 0.717. The number of hydrogen-bond acceptors (Lipinski definition) is 2. The number of benzene rings is 2. The minimum Gasteiger partial charge on any atom is -0.506 e. The molecule has 0 heterocycles. The van der Waals surface area contributed by atoms with E-state index in [2.05, 4.69) is 5.32 Å². The SMILES string of the molecule is O=C(NCCc1ccc(Cl)cc1)c1ccc(O)c(Cl)c1. The van der Waals surface area contributed by atoms with E-state index in [0.29, 0.717) is 23.6 Å². The molecule has 0 aliphatic rings. The molecule has 2 rings (SSSR count). The van der Waals surface area contributed by atoms with E-state index >= 15 is 0 Å². The Kier molecular flexibility index (Phi) is 4.88. The van der Waals surface area contributed by atoms with Crippen molar-refractivity contribution in [3.63, 3.8) is 0 Å². The van der Waals surface area contributed by atoms with Crippen LogP contribution in [0.2, 0.25) is 10.0 Å². The Morgan fingerprint density at radius 2 is 1.80 bits per heavy atom. The van der Waals surface area contributed by atoms with Crippen molar-refractivity contribution < 1.29 is 9.90 Å². The Morgan fingerprint density at radius 3 is 2.45 bits per heavy atom. The molecule has 5 heteroatoms. The van der Waals surface area contributed by atoms with E-state index in [1.165, 1.54) is 18.2 Å². The van der Waals surface area contributed by atoms with Gasteiger partial charge in [-0.3, -0.25) is 4.79 Å². The molecule has 2 aromatic carbocycles. The predicted octanol–water partition coefficient (Wildman–Crippen LogP) is 3.67. The summed E-state index contributed by atoms with van der Waals surface area (Å²) in [4.78, 5) is 11.9. The van der Waals surface area contributed by atoms with Crippen molar-refractivity contribution >= 4 is 29.1 Å². The first-order chi connectivity index (χ1) is 9.56. The zero-order chi connectivity index (χ0) is 14.5. The van der Waals surface area contributed by atoms with Crippen molar-refractivity contribution in [2.24, 2.45) is 0 Å². The zero-order valence-electron chi connectivity index (χ0n) is 10.6. The van der Waals surface area contributed by atoms with Crippen LogP contribution >= 0.6 is 23.2 Å². The third-order valence-electron chi connectivity index (χ3n) is 2.82. The number of amides is 1. The first-order valence-corrected chi connectivity index (χ1v) is 6.83. The number of aromatic hydroxyl groups is 1. The van der Waals surface area contributed by atoms with Gasteiger partial charge in [0.1, 0.15) is 5.75 Å². The molecule has 0 aromatic heterocycles. The van der Waals surface area contributed by atoms with E-state index < -0.39 is 0 Å². The number of phenolic OH excluding ortho intramolecular Hbond substituents is 1. The molecule has 0 saturated carbocycles. The molecule has 0 aliphatic carbocycles. The second kappa shape index (κ2) is 6.64. The molecule has 2 aromatic rings.